The number of nitrogens with zero attached hydrogens (tertiary/aromatic N) is 3. The van der Waals surface area contributed by atoms with E-state index in [1.54, 1.807) is 31.2 Å². The summed E-state index contributed by atoms with van der Waals surface area (Å²) in [5, 5.41) is 10.3. The van der Waals surface area contributed by atoms with Crippen molar-refractivity contribution in [1.29, 1.82) is 0 Å². The first kappa shape index (κ1) is 18.3. The number of sulfonamides is 1. The Hall–Kier alpha value is -2.00. The zero-order valence-electron chi connectivity index (χ0n) is 13.8. The Morgan fingerprint density at radius 3 is 2.50 bits per heavy atom. The van der Waals surface area contributed by atoms with Crippen molar-refractivity contribution < 1.29 is 13.2 Å². The number of carbonyl (C=O) groups excluding carboxylic acids is 1. The van der Waals surface area contributed by atoms with Crippen LogP contribution in [0.25, 0.3) is 0 Å². The molecule has 130 valence electrons. The molecular weight excluding hydrogens is 348 g/mol. The normalized spacial score (nSPS) is 11.5. The summed E-state index contributed by atoms with van der Waals surface area (Å²) in [5.74, 6) is -0.00436. The Morgan fingerprint density at radius 1 is 1.25 bits per heavy atom. The number of nitrogens with one attached hydrogen (secondary N) is 1. The lowest BCUT2D eigenvalue weighted by atomic mass is 10.1. The van der Waals surface area contributed by atoms with Gasteiger partial charge < -0.3 is 5.32 Å². The van der Waals surface area contributed by atoms with Crippen molar-refractivity contribution in [2.45, 2.75) is 31.5 Å². The van der Waals surface area contributed by atoms with Gasteiger partial charge >= 0.3 is 0 Å². The third-order valence-corrected chi connectivity index (χ3v) is 6.18. The van der Waals surface area contributed by atoms with Crippen molar-refractivity contribution in [3.8, 4) is 0 Å². The highest BCUT2D eigenvalue weighted by molar-refractivity contribution is 7.94. The van der Waals surface area contributed by atoms with E-state index in [1.165, 1.54) is 4.31 Å². The van der Waals surface area contributed by atoms with Gasteiger partial charge in [0.15, 0.2) is 0 Å². The maximum absolute atomic E-state index is 12.8. The molecule has 0 spiro atoms. The molecule has 1 N–H and O–H groups in total. The van der Waals surface area contributed by atoms with Crippen molar-refractivity contribution in [2.24, 2.45) is 5.92 Å². The van der Waals surface area contributed by atoms with Gasteiger partial charge in [-0.05, 0) is 25.0 Å². The van der Waals surface area contributed by atoms with Gasteiger partial charge in [-0.3, -0.25) is 9.10 Å². The first-order chi connectivity index (χ1) is 11.3. The van der Waals surface area contributed by atoms with E-state index in [0.29, 0.717) is 12.1 Å². The van der Waals surface area contributed by atoms with Crippen molar-refractivity contribution in [3.63, 3.8) is 0 Å². The van der Waals surface area contributed by atoms with Crippen LogP contribution in [0.1, 0.15) is 27.2 Å². The molecule has 0 saturated heterocycles. The topological polar surface area (TPSA) is 92.3 Å². The van der Waals surface area contributed by atoms with Crippen molar-refractivity contribution >= 4 is 38.1 Å². The van der Waals surface area contributed by atoms with E-state index in [9.17, 15) is 13.2 Å². The van der Waals surface area contributed by atoms with Crippen molar-refractivity contribution in [1.82, 2.24) is 10.2 Å². The van der Waals surface area contributed by atoms with Gasteiger partial charge in [0.1, 0.15) is 0 Å². The fourth-order valence-corrected chi connectivity index (χ4v) is 4.58. The molecule has 0 saturated carbocycles. The summed E-state index contributed by atoms with van der Waals surface area (Å²) < 4.78 is 26.6. The van der Waals surface area contributed by atoms with E-state index in [1.807, 2.05) is 19.9 Å². The van der Waals surface area contributed by atoms with Gasteiger partial charge in [0.2, 0.25) is 11.0 Å². The second-order valence-electron chi connectivity index (χ2n) is 5.52. The molecule has 2 aromatic rings. The zero-order valence-corrected chi connectivity index (χ0v) is 15.4. The Morgan fingerprint density at radius 2 is 1.92 bits per heavy atom. The highest BCUT2D eigenvalue weighted by Gasteiger charge is 2.28. The van der Waals surface area contributed by atoms with Gasteiger partial charge in [0.25, 0.3) is 14.4 Å². The molecule has 0 aliphatic rings. The lowest BCUT2D eigenvalue weighted by Gasteiger charge is -2.20. The van der Waals surface area contributed by atoms with Crippen LogP contribution in [0.4, 0.5) is 10.8 Å². The summed E-state index contributed by atoms with van der Waals surface area (Å²) in [5.41, 5.74) is 0.556. The van der Waals surface area contributed by atoms with Gasteiger partial charge in [-0.25, -0.2) is 0 Å². The summed E-state index contributed by atoms with van der Waals surface area (Å²) in [6.07, 6.45) is 0.340. The van der Waals surface area contributed by atoms with Crippen LogP contribution in [0.15, 0.2) is 34.7 Å². The molecule has 1 heterocycles. The minimum atomic E-state index is -3.82. The number of hydrogen-bond donors (Lipinski definition) is 1. The molecule has 2 rings (SSSR count). The Labute approximate surface area is 145 Å². The van der Waals surface area contributed by atoms with Gasteiger partial charge in [-0.2, -0.15) is 8.42 Å². The summed E-state index contributed by atoms with van der Waals surface area (Å²) >= 11 is 0.850. The molecule has 1 aromatic carbocycles. The monoisotopic (exact) mass is 368 g/mol. The van der Waals surface area contributed by atoms with Crippen LogP contribution in [0, 0.1) is 5.92 Å². The lowest BCUT2D eigenvalue weighted by Crippen LogP contribution is -2.30. The second-order valence-corrected chi connectivity index (χ2v) is 8.54. The maximum Gasteiger partial charge on any atom is 0.293 e. The Bertz CT molecular complexity index is 788. The van der Waals surface area contributed by atoms with Crippen LogP contribution >= 0.6 is 11.3 Å². The van der Waals surface area contributed by atoms with E-state index in [-0.39, 0.29) is 27.8 Å². The molecule has 0 radical (unpaired) electrons. The van der Waals surface area contributed by atoms with Crippen LogP contribution in [0.5, 0.6) is 0 Å². The highest BCUT2D eigenvalue weighted by atomic mass is 32.2. The van der Waals surface area contributed by atoms with Gasteiger partial charge in [0, 0.05) is 13.0 Å². The first-order valence-electron chi connectivity index (χ1n) is 7.55. The van der Waals surface area contributed by atoms with Crippen LogP contribution in [0.2, 0.25) is 0 Å². The molecule has 0 aliphatic heterocycles. The third-order valence-electron chi connectivity index (χ3n) is 3.09. The van der Waals surface area contributed by atoms with Crippen LogP contribution in [-0.4, -0.2) is 31.1 Å². The molecule has 9 heteroatoms. The number of aromatic nitrogens is 2. The minimum Gasteiger partial charge on any atom is -0.300 e. The maximum atomic E-state index is 12.8. The number of hydrogen-bond acceptors (Lipinski definition) is 6. The van der Waals surface area contributed by atoms with Crippen LogP contribution in [-0.2, 0) is 14.8 Å². The Balaban J connectivity index is 2.22. The molecule has 7 nitrogen and oxygen atoms in total. The zero-order chi connectivity index (χ0) is 17.7. The standard InChI is InChI=1S/C15H20N4O3S2/c1-4-19(12-8-6-5-7-9-12)24(21,22)15-18-17-14(23-15)16-13(20)10-11(2)3/h5-9,11H,4,10H2,1-3H3,(H,16,17,20). The van der Waals surface area contributed by atoms with Crippen LogP contribution in [0.3, 0.4) is 0 Å². The summed E-state index contributed by atoms with van der Waals surface area (Å²) in [7, 11) is -3.82. The van der Waals surface area contributed by atoms with E-state index in [4.69, 9.17) is 0 Å². The number of amides is 1. The summed E-state index contributed by atoms with van der Waals surface area (Å²) in [4.78, 5) is 11.8. The van der Waals surface area contributed by atoms with Gasteiger partial charge in [-0.1, -0.05) is 43.4 Å². The van der Waals surface area contributed by atoms with E-state index >= 15 is 0 Å². The summed E-state index contributed by atoms with van der Waals surface area (Å²) in [6.45, 7) is 5.86. The molecule has 0 bridgehead atoms. The van der Waals surface area contributed by atoms with E-state index < -0.39 is 10.0 Å². The smallest absolute Gasteiger partial charge is 0.293 e. The number of carbonyl (C=O) groups is 1. The lowest BCUT2D eigenvalue weighted by molar-refractivity contribution is -0.116. The number of para-hydroxylation sites is 1. The molecule has 1 aromatic heterocycles. The predicted octanol–water partition coefficient (Wildman–Crippen LogP) is 2.74. The SMILES string of the molecule is CCN(c1ccccc1)S(=O)(=O)c1nnc(NC(=O)CC(C)C)s1. The molecule has 0 unspecified atom stereocenters. The second kappa shape index (κ2) is 7.71. The fourth-order valence-electron chi connectivity index (χ4n) is 2.09. The van der Waals surface area contributed by atoms with Crippen LogP contribution < -0.4 is 9.62 Å². The minimum absolute atomic E-state index is 0.145. The first-order valence-corrected chi connectivity index (χ1v) is 9.81. The molecule has 0 fully saturated rings. The average Bonchev–Trinajstić information content (AvgIpc) is 2.97. The highest BCUT2D eigenvalue weighted by Crippen LogP contribution is 2.27. The van der Waals surface area contributed by atoms with Gasteiger partial charge in [-0.15, -0.1) is 10.2 Å². The van der Waals surface area contributed by atoms with Crippen molar-refractivity contribution in [2.75, 3.05) is 16.2 Å². The fraction of sp³-hybridized carbons (Fsp3) is 0.400. The predicted molar refractivity (Wildman–Crippen MR) is 94.6 cm³/mol. The van der Waals surface area contributed by atoms with Crippen molar-refractivity contribution in [3.05, 3.63) is 30.3 Å². The number of benzene rings is 1. The number of rotatable bonds is 7. The van der Waals surface area contributed by atoms with E-state index in [2.05, 4.69) is 15.5 Å². The third kappa shape index (κ3) is 4.30. The van der Waals surface area contributed by atoms with Gasteiger partial charge in [0.05, 0.1) is 5.69 Å². The van der Waals surface area contributed by atoms with E-state index in [0.717, 1.165) is 11.3 Å². The molecular formula is C15H20N4O3S2. The Kier molecular flexibility index (Phi) is 5.89. The summed E-state index contributed by atoms with van der Waals surface area (Å²) in [6, 6.07) is 8.79. The number of anilines is 2. The average molecular weight is 368 g/mol. The molecule has 1 amide bonds. The largest absolute Gasteiger partial charge is 0.300 e. The molecule has 0 atom stereocenters. The quantitative estimate of drug-likeness (QED) is 0.759. The molecule has 24 heavy (non-hydrogen) atoms. The molecule has 0 aliphatic carbocycles.